The van der Waals surface area contributed by atoms with Gasteiger partial charge in [-0.25, -0.2) is 4.90 Å². The first kappa shape index (κ1) is 18.3. The molecular weight excluding hydrogens is 364 g/mol. The summed E-state index contributed by atoms with van der Waals surface area (Å²) in [6.07, 6.45) is 13.0. The number of hydrogen-bond donors (Lipinski definition) is 1. The number of hydrogen-bond acceptors (Lipinski definition) is 3. The van der Waals surface area contributed by atoms with Crippen molar-refractivity contribution < 1.29 is 14.4 Å². The number of benzene rings is 1. The van der Waals surface area contributed by atoms with Crippen LogP contribution in [0.25, 0.3) is 0 Å². The van der Waals surface area contributed by atoms with E-state index in [0.717, 1.165) is 25.7 Å². The quantitative estimate of drug-likeness (QED) is 0.617. The highest BCUT2D eigenvalue weighted by Gasteiger charge is 2.59. The van der Waals surface area contributed by atoms with Crippen molar-refractivity contribution in [2.45, 2.75) is 38.5 Å². The summed E-state index contributed by atoms with van der Waals surface area (Å²) < 4.78 is 0. The summed E-state index contributed by atoms with van der Waals surface area (Å²) in [6.45, 7) is 0.607. The minimum atomic E-state index is -0.223. The van der Waals surface area contributed by atoms with Gasteiger partial charge in [-0.1, -0.05) is 29.9 Å². The molecule has 5 heteroatoms. The van der Waals surface area contributed by atoms with Gasteiger partial charge in [-0.2, -0.15) is 0 Å². The topological polar surface area (TPSA) is 66.5 Å². The molecule has 150 valence electrons. The van der Waals surface area contributed by atoms with E-state index in [-0.39, 0.29) is 41.4 Å². The minimum absolute atomic E-state index is 0.112. The molecule has 0 radical (unpaired) electrons. The van der Waals surface area contributed by atoms with Crippen molar-refractivity contribution in [1.82, 2.24) is 5.32 Å². The molecule has 3 amide bonds. The molecule has 0 aromatic heterocycles. The van der Waals surface area contributed by atoms with E-state index < -0.39 is 0 Å². The molecule has 1 aromatic rings. The van der Waals surface area contributed by atoms with Gasteiger partial charge in [-0.15, -0.1) is 0 Å². The standard InChI is InChI=1S/C24H26N2O3/c27-22(25-12-11-15-5-2-1-3-6-15)18-7-4-8-19(14-18)26-23(28)20-16-9-10-17(13-16)21(20)24(26)29/h4-5,7-10,14,16-17,20-21H,1-3,6,11-13H2,(H,25,27)/t16-,17-,20-,21-/m0/s1. The number of carbonyl (C=O) groups excluding carboxylic acids is 3. The Hall–Kier alpha value is -2.69. The summed E-state index contributed by atoms with van der Waals surface area (Å²) in [7, 11) is 0. The van der Waals surface area contributed by atoms with Crippen LogP contribution in [0.2, 0.25) is 0 Å². The summed E-state index contributed by atoms with van der Waals surface area (Å²) in [5.41, 5.74) is 2.42. The molecule has 2 fully saturated rings. The SMILES string of the molecule is O=C(NCCC1=CCCCC1)c1cccc(N2C(=O)[C@@H]3[C@@H](C2=O)[C@H]2C=C[C@H]3C2)c1. The zero-order valence-corrected chi connectivity index (χ0v) is 16.5. The van der Waals surface area contributed by atoms with Crippen molar-refractivity contribution in [2.75, 3.05) is 11.4 Å². The van der Waals surface area contributed by atoms with E-state index in [0.29, 0.717) is 17.8 Å². The monoisotopic (exact) mass is 390 g/mol. The average Bonchev–Trinajstić information content (AvgIpc) is 3.42. The smallest absolute Gasteiger partial charge is 0.251 e. The normalized spacial score (nSPS) is 29.9. The lowest BCUT2D eigenvalue weighted by Gasteiger charge is -2.18. The Kier molecular flexibility index (Phi) is 4.61. The Labute approximate surface area is 170 Å². The van der Waals surface area contributed by atoms with Gasteiger partial charge in [-0.05, 0) is 68.6 Å². The third-order valence-electron chi connectivity index (χ3n) is 6.95. The van der Waals surface area contributed by atoms with Gasteiger partial charge in [-0.3, -0.25) is 14.4 Å². The van der Waals surface area contributed by atoms with Crippen LogP contribution in [0.5, 0.6) is 0 Å². The van der Waals surface area contributed by atoms with Crippen LogP contribution in [-0.4, -0.2) is 24.3 Å². The number of carbonyl (C=O) groups is 3. The number of fused-ring (bicyclic) bond motifs is 5. The first-order valence-corrected chi connectivity index (χ1v) is 10.8. The summed E-state index contributed by atoms with van der Waals surface area (Å²) in [5, 5.41) is 2.97. The second kappa shape index (κ2) is 7.29. The number of nitrogens with zero attached hydrogens (tertiary/aromatic N) is 1. The number of amides is 3. The van der Waals surface area contributed by atoms with Crippen molar-refractivity contribution in [2.24, 2.45) is 23.7 Å². The molecule has 0 unspecified atom stereocenters. The fourth-order valence-electron chi connectivity index (χ4n) is 5.51. The number of rotatable bonds is 5. The predicted octanol–water partition coefficient (Wildman–Crippen LogP) is 3.62. The highest BCUT2D eigenvalue weighted by atomic mass is 16.2. The van der Waals surface area contributed by atoms with Crippen LogP contribution >= 0.6 is 0 Å². The number of nitrogens with one attached hydrogen (secondary N) is 1. The van der Waals surface area contributed by atoms with E-state index in [1.165, 1.54) is 23.3 Å². The largest absolute Gasteiger partial charge is 0.352 e. The molecule has 0 spiro atoms. The van der Waals surface area contributed by atoms with Gasteiger partial charge in [0.1, 0.15) is 0 Å². The Morgan fingerprint density at radius 2 is 1.83 bits per heavy atom. The first-order valence-electron chi connectivity index (χ1n) is 10.8. The fourth-order valence-corrected chi connectivity index (χ4v) is 5.51. The van der Waals surface area contributed by atoms with E-state index in [1.54, 1.807) is 24.3 Å². The molecule has 1 aromatic carbocycles. The van der Waals surface area contributed by atoms with E-state index in [4.69, 9.17) is 0 Å². The van der Waals surface area contributed by atoms with Gasteiger partial charge in [0, 0.05) is 12.1 Å². The van der Waals surface area contributed by atoms with E-state index in [2.05, 4.69) is 23.5 Å². The maximum atomic E-state index is 13.0. The number of anilines is 1. The third kappa shape index (κ3) is 3.13. The molecule has 1 N–H and O–H groups in total. The maximum Gasteiger partial charge on any atom is 0.251 e. The molecule has 5 rings (SSSR count). The Morgan fingerprint density at radius 3 is 2.52 bits per heavy atom. The summed E-state index contributed by atoms with van der Waals surface area (Å²) in [4.78, 5) is 39.9. The molecule has 1 heterocycles. The summed E-state index contributed by atoms with van der Waals surface area (Å²) in [6, 6.07) is 6.89. The second-order valence-electron chi connectivity index (χ2n) is 8.68. The van der Waals surface area contributed by atoms with Crippen LogP contribution in [0.4, 0.5) is 5.69 Å². The highest BCUT2D eigenvalue weighted by Crippen LogP contribution is 2.53. The zero-order chi connectivity index (χ0) is 20.0. The van der Waals surface area contributed by atoms with Crippen LogP contribution in [0, 0.1) is 23.7 Å². The maximum absolute atomic E-state index is 13.0. The van der Waals surface area contributed by atoms with Crippen molar-refractivity contribution in [3.8, 4) is 0 Å². The van der Waals surface area contributed by atoms with Crippen LogP contribution < -0.4 is 10.2 Å². The molecule has 3 aliphatic carbocycles. The molecule has 2 bridgehead atoms. The molecule has 1 aliphatic heterocycles. The van der Waals surface area contributed by atoms with Gasteiger partial charge in [0.15, 0.2) is 0 Å². The summed E-state index contributed by atoms with van der Waals surface area (Å²) >= 11 is 0. The van der Waals surface area contributed by atoms with Crippen LogP contribution in [0.15, 0.2) is 48.1 Å². The number of imide groups is 1. The second-order valence-corrected chi connectivity index (χ2v) is 8.68. The van der Waals surface area contributed by atoms with Gasteiger partial charge in [0.25, 0.3) is 5.91 Å². The predicted molar refractivity (Wildman–Crippen MR) is 110 cm³/mol. The van der Waals surface area contributed by atoms with Crippen LogP contribution in [0.3, 0.4) is 0 Å². The lowest BCUT2D eigenvalue weighted by atomic mass is 9.85. The molecule has 4 atom stereocenters. The van der Waals surface area contributed by atoms with Gasteiger partial charge < -0.3 is 5.32 Å². The third-order valence-corrected chi connectivity index (χ3v) is 6.95. The van der Waals surface area contributed by atoms with Gasteiger partial charge >= 0.3 is 0 Å². The average molecular weight is 390 g/mol. The van der Waals surface area contributed by atoms with E-state index in [9.17, 15) is 14.4 Å². The van der Waals surface area contributed by atoms with Gasteiger partial charge in [0.05, 0.1) is 17.5 Å². The van der Waals surface area contributed by atoms with Crippen molar-refractivity contribution in [3.63, 3.8) is 0 Å². The summed E-state index contributed by atoms with van der Waals surface area (Å²) in [5.74, 6) is -0.460. The Bertz CT molecular complexity index is 902. The van der Waals surface area contributed by atoms with Crippen molar-refractivity contribution >= 4 is 23.4 Å². The molecule has 4 aliphatic rings. The molecule has 1 saturated heterocycles. The fraction of sp³-hybridized carbons (Fsp3) is 0.458. The minimum Gasteiger partial charge on any atom is -0.352 e. The first-order chi connectivity index (χ1) is 14.1. The molecule has 1 saturated carbocycles. The molecule has 29 heavy (non-hydrogen) atoms. The van der Waals surface area contributed by atoms with Crippen LogP contribution in [0.1, 0.15) is 48.9 Å². The van der Waals surface area contributed by atoms with Crippen molar-refractivity contribution in [3.05, 3.63) is 53.6 Å². The molecule has 5 nitrogen and oxygen atoms in total. The zero-order valence-electron chi connectivity index (χ0n) is 16.5. The lowest BCUT2D eigenvalue weighted by Crippen LogP contribution is -2.33. The van der Waals surface area contributed by atoms with E-state index in [1.807, 2.05) is 0 Å². The highest BCUT2D eigenvalue weighted by molar-refractivity contribution is 6.23. The van der Waals surface area contributed by atoms with Gasteiger partial charge in [0.2, 0.25) is 11.8 Å². The van der Waals surface area contributed by atoms with Crippen molar-refractivity contribution in [1.29, 1.82) is 0 Å². The Balaban J connectivity index is 1.27. The number of allylic oxidation sites excluding steroid dienone is 3. The van der Waals surface area contributed by atoms with E-state index >= 15 is 0 Å². The molecular formula is C24H26N2O3. The Morgan fingerprint density at radius 1 is 1.07 bits per heavy atom. The van der Waals surface area contributed by atoms with Crippen LogP contribution in [-0.2, 0) is 9.59 Å². The lowest BCUT2D eigenvalue weighted by molar-refractivity contribution is -0.123.